The number of aromatic nitrogens is 1. The number of H-pyrrole nitrogens is 1. The van der Waals surface area contributed by atoms with Crippen LogP contribution >= 0.6 is 0 Å². The Morgan fingerprint density at radius 2 is 1.75 bits per heavy atom. The summed E-state index contributed by atoms with van der Waals surface area (Å²) in [5, 5.41) is 0.994. The van der Waals surface area contributed by atoms with Crippen LogP contribution in [0.5, 0.6) is 0 Å². The van der Waals surface area contributed by atoms with Gasteiger partial charge in [-0.3, -0.25) is 4.79 Å². The third-order valence-corrected chi connectivity index (χ3v) is 3.85. The number of aromatic amines is 1. The van der Waals surface area contributed by atoms with Crippen LogP contribution in [0.4, 0.5) is 0 Å². The Kier molecular flexibility index (Phi) is 2.94. The van der Waals surface area contributed by atoms with E-state index in [0.29, 0.717) is 0 Å². The molecule has 0 unspecified atom stereocenters. The van der Waals surface area contributed by atoms with Crippen LogP contribution in [0.3, 0.4) is 0 Å². The van der Waals surface area contributed by atoms with Crippen molar-refractivity contribution in [3.8, 4) is 0 Å². The van der Waals surface area contributed by atoms with E-state index in [4.69, 9.17) is 0 Å². The second-order valence-corrected chi connectivity index (χ2v) is 5.38. The van der Waals surface area contributed by atoms with E-state index in [-0.39, 0.29) is 5.78 Å². The Labute approximate surface area is 118 Å². The Bertz CT molecular complexity index is 811. The van der Waals surface area contributed by atoms with Crippen molar-refractivity contribution >= 4 is 16.7 Å². The van der Waals surface area contributed by atoms with E-state index in [1.165, 1.54) is 5.56 Å². The summed E-state index contributed by atoms with van der Waals surface area (Å²) in [5.41, 5.74) is 6.00. The summed E-state index contributed by atoms with van der Waals surface area (Å²) in [7, 11) is 0. The van der Waals surface area contributed by atoms with Gasteiger partial charge in [0.05, 0.1) is 0 Å². The molecule has 20 heavy (non-hydrogen) atoms. The minimum Gasteiger partial charge on any atom is -0.360 e. The number of benzene rings is 2. The van der Waals surface area contributed by atoms with Crippen molar-refractivity contribution in [1.29, 1.82) is 0 Å². The molecule has 0 radical (unpaired) electrons. The summed E-state index contributed by atoms with van der Waals surface area (Å²) in [5.74, 6) is 0.0740. The molecule has 0 amide bonds. The fraction of sp³-hybridized carbons (Fsp3) is 0.167. The second kappa shape index (κ2) is 4.64. The SMILES string of the molecule is Cc1ccc2[nH]cc(C(=O)c3ccc(C)c(C)c3)c2c1. The highest BCUT2D eigenvalue weighted by Crippen LogP contribution is 2.23. The molecule has 2 aromatic carbocycles. The highest BCUT2D eigenvalue weighted by Gasteiger charge is 2.14. The first-order valence-corrected chi connectivity index (χ1v) is 6.76. The van der Waals surface area contributed by atoms with Crippen molar-refractivity contribution in [2.75, 3.05) is 0 Å². The summed E-state index contributed by atoms with van der Waals surface area (Å²) in [4.78, 5) is 15.8. The van der Waals surface area contributed by atoms with Gasteiger partial charge in [-0.05, 0) is 50.1 Å². The number of nitrogens with one attached hydrogen (secondary N) is 1. The van der Waals surface area contributed by atoms with Gasteiger partial charge >= 0.3 is 0 Å². The lowest BCUT2D eigenvalue weighted by molar-refractivity contribution is 0.104. The van der Waals surface area contributed by atoms with Gasteiger partial charge < -0.3 is 4.98 Å². The summed E-state index contributed by atoms with van der Waals surface area (Å²) < 4.78 is 0. The molecular formula is C18H17NO. The Balaban J connectivity index is 2.12. The quantitative estimate of drug-likeness (QED) is 0.686. The largest absolute Gasteiger partial charge is 0.360 e. The monoisotopic (exact) mass is 263 g/mol. The molecule has 0 aliphatic heterocycles. The Hall–Kier alpha value is -2.35. The average Bonchev–Trinajstić information content (AvgIpc) is 2.84. The lowest BCUT2D eigenvalue weighted by atomic mass is 9.98. The van der Waals surface area contributed by atoms with Crippen molar-refractivity contribution in [1.82, 2.24) is 4.98 Å². The molecule has 0 aliphatic carbocycles. The fourth-order valence-corrected chi connectivity index (χ4v) is 2.46. The van der Waals surface area contributed by atoms with E-state index in [0.717, 1.165) is 33.2 Å². The van der Waals surface area contributed by atoms with Crippen molar-refractivity contribution in [2.24, 2.45) is 0 Å². The van der Waals surface area contributed by atoms with Crippen LogP contribution in [-0.4, -0.2) is 10.8 Å². The Morgan fingerprint density at radius 3 is 2.50 bits per heavy atom. The number of hydrogen-bond acceptors (Lipinski definition) is 1. The maximum absolute atomic E-state index is 12.7. The van der Waals surface area contributed by atoms with Crippen molar-refractivity contribution in [2.45, 2.75) is 20.8 Å². The maximum atomic E-state index is 12.7. The molecule has 0 spiro atoms. The van der Waals surface area contributed by atoms with Gasteiger partial charge in [0, 0.05) is 28.2 Å². The summed E-state index contributed by atoms with van der Waals surface area (Å²) in [6, 6.07) is 12.0. The molecule has 2 nitrogen and oxygen atoms in total. The topological polar surface area (TPSA) is 32.9 Å². The van der Waals surface area contributed by atoms with Crippen LogP contribution in [0.2, 0.25) is 0 Å². The van der Waals surface area contributed by atoms with Gasteiger partial charge in [-0.15, -0.1) is 0 Å². The molecule has 100 valence electrons. The minimum absolute atomic E-state index is 0.0740. The number of aryl methyl sites for hydroxylation is 3. The fourth-order valence-electron chi connectivity index (χ4n) is 2.46. The van der Waals surface area contributed by atoms with Gasteiger partial charge in [0.15, 0.2) is 5.78 Å². The van der Waals surface area contributed by atoms with Crippen molar-refractivity contribution < 1.29 is 4.79 Å². The molecule has 0 aliphatic rings. The third kappa shape index (κ3) is 2.03. The van der Waals surface area contributed by atoms with Gasteiger partial charge in [-0.1, -0.05) is 23.8 Å². The molecule has 1 aromatic heterocycles. The van der Waals surface area contributed by atoms with Crippen molar-refractivity contribution in [3.63, 3.8) is 0 Å². The number of ketones is 1. The average molecular weight is 263 g/mol. The number of fused-ring (bicyclic) bond motifs is 1. The molecular weight excluding hydrogens is 246 g/mol. The van der Waals surface area contributed by atoms with Gasteiger partial charge in [-0.25, -0.2) is 0 Å². The smallest absolute Gasteiger partial charge is 0.195 e. The lowest BCUT2D eigenvalue weighted by Gasteiger charge is -2.04. The Morgan fingerprint density at radius 1 is 0.950 bits per heavy atom. The predicted octanol–water partition coefficient (Wildman–Crippen LogP) is 4.32. The normalized spacial score (nSPS) is 10.9. The first-order valence-electron chi connectivity index (χ1n) is 6.76. The van der Waals surface area contributed by atoms with Gasteiger partial charge in [0.1, 0.15) is 0 Å². The third-order valence-electron chi connectivity index (χ3n) is 3.85. The van der Waals surface area contributed by atoms with E-state index >= 15 is 0 Å². The molecule has 1 N–H and O–H groups in total. The van der Waals surface area contributed by atoms with Crippen LogP contribution in [0.15, 0.2) is 42.6 Å². The standard InChI is InChI=1S/C18H17NO/c1-11-4-7-17-15(8-11)16(10-19-17)18(20)14-6-5-12(2)13(3)9-14/h4-10,19H,1-3H3. The molecule has 1 heterocycles. The molecule has 0 saturated heterocycles. The molecule has 0 saturated carbocycles. The lowest BCUT2D eigenvalue weighted by Crippen LogP contribution is -2.01. The van der Waals surface area contributed by atoms with E-state index in [9.17, 15) is 4.79 Å². The van der Waals surface area contributed by atoms with E-state index < -0.39 is 0 Å². The summed E-state index contributed by atoms with van der Waals surface area (Å²) in [6.07, 6.45) is 1.81. The maximum Gasteiger partial charge on any atom is 0.195 e. The first kappa shape index (κ1) is 12.7. The van der Waals surface area contributed by atoms with Gasteiger partial charge in [0.25, 0.3) is 0 Å². The first-order chi connectivity index (χ1) is 9.56. The molecule has 0 atom stereocenters. The van der Waals surface area contributed by atoms with Crippen LogP contribution in [0, 0.1) is 20.8 Å². The minimum atomic E-state index is 0.0740. The molecule has 3 aromatic rings. The predicted molar refractivity (Wildman–Crippen MR) is 82.4 cm³/mol. The summed E-state index contributed by atoms with van der Waals surface area (Å²) >= 11 is 0. The second-order valence-electron chi connectivity index (χ2n) is 5.38. The van der Waals surface area contributed by atoms with Crippen LogP contribution in [0.25, 0.3) is 10.9 Å². The number of hydrogen-bond donors (Lipinski definition) is 1. The highest BCUT2D eigenvalue weighted by molar-refractivity contribution is 6.16. The van der Waals surface area contributed by atoms with E-state index in [2.05, 4.69) is 18.0 Å². The van der Waals surface area contributed by atoms with Gasteiger partial charge in [0.2, 0.25) is 0 Å². The highest BCUT2D eigenvalue weighted by atomic mass is 16.1. The van der Waals surface area contributed by atoms with Crippen molar-refractivity contribution in [3.05, 3.63) is 70.4 Å². The summed E-state index contributed by atoms with van der Waals surface area (Å²) in [6.45, 7) is 6.13. The zero-order valence-electron chi connectivity index (χ0n) is 11.9. The van der Waals surface area contributed by atoms with E-state index in [1.807, 2.05) is 50.4 Å². The molecule has 3 rings (SSSR count). The van der Waals surface area contributed by atoms with Crippen LogP contribution in [0.1, 0.15) is 32.6 Å². The zero-order valence-corrected chi connectivity index (χ0v) is 11.9. The molecule has 2 heteroatoms. The number of carbonyl (C=O) groups excluding carboxylic acids is 1. The van der Waals surface area contributed by atoms with E-state index in [1.54, 1.807) is 0 Å². The molecule has 0 bridgehead atoms. The van der Waals surface area contributed by atoms with Gasteiger partial charge in [-0.2, -0.15) is 0 Å². The van der Waals surface area contributed by atoms with Crippen LogP contribution in [-0.2, 0) is 0 Å². The zero-order chi connectivity index (χ0) is 14.3. The van der Waals surface area contributed by atoms with Crippen LogP contribution < -0.4 is 0 Å². The number of rotatable bonds is 2. The molecule has 0 fully saturated rings. The number of carbonyl (C=O) groups is 1.